The Morgan fingerprint density at radius 3 is 2.37 bits per heavy atom. The number of aromatic carboxylic acids is 1. The number of amides is 2. The van der Waals surface area contributed by atoms with Gasteiger partial charge in [-0.05, 0) is 49.1 Å². The van der Waals surface area contributed by atoms with E-state index in [2.05, 4.69) is 5.32 Å². The second-order valence-electron chi connectivity index (χ2n) is 6.70. The molecule has 1 saturated carbocycles. The number of carbonyl (C=O) groups excluding carboxylic acids is 2. The first-order valence-corrected chi connectivity index (χ1v) is 8.94. The largest absolute Gasteiger partial charge is 0.478 e. The molecule has 0 aromatic heterocycles. The van der Waals surface area contributed by atoms with E-state index in [1.54, 1.807) is 54.4 Å². The molecule has 6 heteroatoms. The van der Waals surface area contributed by atoms with Crippen molar-refractivity contribution >= 4 is 23.5 Å². The summed E-state index contributed by atoms with van der Waals surface area (Å²) in [4.78, 5) is 37.3. The fraction of sp³-hybridized carbons (Fsp3) is 0.286. The first kappa shape index (κ1) is 18.6. The molecule has 2 N–H and O–H groups in total. The Hall–Kier alpha value is -3.15. The molecule has 6 nitrogen and oxygen atoms in total. The number of hydrogen-bond donors (Lipinski definition) is 2. The summed E-state index contributed by atoms with van der Waals surface area (Å²) in [6, 6.07) is 13.7. The first-order chi connectivity index (χ1) is 13.0. The van der Waals surface area contributed by atoms with Crippen LogP contribution < -0.4 is 10.2 Å². The number of carboxylic acids is 1. The lowest BCUT2D eigenvalue weighted by Crippen LogP contribution is -2.32. The Morgan fingerprint density at radius 1 is 1.07 bits per heavy atom. The van der Waals surface area contributed by atoms with E-state index in [1.165, 1.54) is 0 Å². The minimum atomic E-state index is -0.962. The molecule has 1 aliphatic carbocycles. The fourth-order valence-corrected chi connectivity index (χ4v) is 2.91. The zero-order chi connectivity index (χ0) is 19.4. The normalized spacial score (nSPS) is 13.1. The van der Waals surface area contributed by atoms with E-state index < -0.39 is 5.97 Å². The van der Waals surface area contributed by atoms with E-state index >= 15 is 0 Å². The summed E-state index contributed by atoms with van der Waals surface area (Å²) in [7, 11) is 1.71. The molecule has 1 fully saturated rings. The zero-order valence-electron chi connectivity index (χ0n) is 15.1. The zero-order valence-corrected chi connectivity index (χ0v) is 15.1. The Morgan fingerprint density at radius 2 is 1.74 bits per heavy atom. The number of para-hydroxylation sites is 1. The van der Waals surface area contributed by atoms with Gasteiger partial charge in [-0.25, -0.2) is 4.79 Å². The van der Waals surface area contributed by atoms with Gasteiger partial charge in [-0.1, -0.05) is 24.3 Å². The summed E-state index contributed by atoms with van der Waals surface area (Å²) in [6.07, 6.45) is 2.42. The summed E-state index contributed by atoms with van der Waals surface area (Å²) in [5, 5.41) is 11.8. The second-order valence-corrected chi connectivity index (χ2v) is 6.70. The smallest absolute Gasteiger partial charge is 0.335 e. The molecular formula is C21H22N2O4. The van der Waals surface area contributed by atoms with Crippen LogP contribution in [0.25, 0.3) is 0 Å². The number of hydrogen-bond acceptors (Lipinski definition) is 3. The lowest BCUT2D eigenvalue weighted by molar-refractivity contribution is -0.119. The third kappa shape index (κ3) is 4.53. The van der Waals surface area contributed by atoms with Crippen molar-refractivity contribution < 1.29 is 19.5 Å². The summed E-state index contributed by atoms with van der Waals surface area (Å²) in [5.41, 5.74) is 2.25. The second kappa shape index (κ2) is 8.03. The van der Waals surface area contributed by atoms with Crippen LogP contribution in [-0.2, 0) is 11.2 Å². The quantitative estimate of drug-likeness (QED) is 0.789. The van der Waals surface area contributed by atoms with E-state index in [0.717, 1.165) is 18.4 Å². The summed E-state index contributed by atoms with van der Waals surface area (Å²) in [5.74, 6) is -1.06. The molecule has 0 unspecified atom stereocenters. The van der Waals surface area contributed by atoms with Gasteiger partial charge >= 0.3 is 5.97 Å². The molecule has 2 aromatic carbocycles. The van der Waals surface area contributed by atoms with Gasteiger partial charge in [0.25, 0.3) is 5.91 Å². The fourth-order valence-electron chi connectivity index (χ4n) is 2.91. The van der Waals surface area contributed by atoms with Crippen molar-refractivity contribution in [1.29, 1.82) is 0 Å². The molecule has 0 bridgehead atoms. The van der Waals surface area contributed by atoms with Crippen molar-refractivity contribution in [2.24, 2.45) is 5.92 Å². The molecule has 0 radical (unpaired) electrons. The highest BCUT2D eigenvalue weighted by Crippen LogP contribution is 2.33. The number of rotatable bonds is 7. The predicted octanol–water partition coefficient (Wildman–Crippen LogP) is 2.73. The topological polar surface area (TPSA) is 86.7 Å². The third-order valence-corrected chi connectivity index (χ3v) is 4.67. The molecule has 3 rings (SSSR count). The van der Waals surface area contributed by atoms with Gasteiger partial charge in [-0.2, -0.15) is 0 Å². The van der Waals surface area contributed by atoms with Gasteiger partial charge in [-0.3, -0.25) is 9.59 Å². The minimum absolute atomic E-state index is 0.0498. The number of carboxylic acid groups (broad SMARTS) is 1. The molecule has 1 aliphatic rings. The van der Waals surface area contributed by atoms with Crippen LogP contribution >= 0.6 is 0 Å². The molecule has 140 valence electrons. The molecule has 0 atom stereocenters. The van der Waals surface area contributed by atoms with Gasteiger partial charge in [0, 0.05) is 19.5 Å². The maximum absolute atomic E-state index is 12.6. The Balaban J connectivity index is 1.61. The highest BCUT2D eigenvalue weighted by molar-refractivity contribution is 6.05. The van der Waals surface area contributed by atoms with Crippen LogP contribution in [0.5, 0.6) is 0 Å². The summed E-state index contributed by atoms with van der Waals surface area (Å²) in [6.45, 7) is 0.417. The third-order valence-electron chi connectivity index (χ3n) is 4.67. The number of benzene rings is 2. The van der Waals surface area contributed by atoms with Gasteiger partial charge in [0.05, 0.1) is 16.8 Å². The maximum atomic E-state index is 12.6. The van der Waals surface area contributed by atoms with Gasteiger partial charge in [-0.15, -0.1) is 0 Å². The van der Waals surface area contributed by atoms with Gasteiger partial charge < -0.3 is 15.3 Å². The molecular weight excluding hydrogens is 344 g/mol. The van der Waals surface area contributed by atoms with Gasteiger partial charge in [0.1, 0.15) is 0 Å². The van der Waals surface area contributed by atoms with Crippen LogP contribution in [0.4, 0.5) is 5.69 Å². The first-order valence-electron chi connectivity index (χ1n) is 8.94. The lowest BCUT2D eigenvalue weighted by atomic mass is 10.1. The Bertz CT molecular complexity index is 857. The molecule has 0 heterocycles. The number of anilines is 1. The number of nitrogens with zero attached hydrogens (tertiary/aromatic N) is 1. The van der Waals surface area contributed by atoms with Crippen LogP contribution in [0.3, 0.4) is 0 Å². The van der Waals surface area contributed by atoms with E-state index in [-0.39, 0.29) is 23.3 Å². The highest BCUT2D eigenvalue weighted by atomic mass is 16.4. The molecule has 0 spiro atoms. The van der Waals surface area contributed by atoms with Gasteiger partial charge in [0.15, 0.2) is 0 Å². The van der Waals surface area contributed by atoms with E-state index in [4.69, 9.17) is 5.11 Å². The number of carbonyl (C=O) groups is 3. The van der Waals surface area contributed by atoms with Crippen molar-refractivity contribution in [3.8, 4) is 0 Å². The molecule has 0 saturated heterocycles. The van der Waals surface area contributed by atoms with Crippen molar-refractivity contribution in [2.45, 2.75) is 19.3 Å². The standard InChI is InChI=1S/C21H22N2O4/c1-23(20(25)15-10-11-15)18-5-3-2-4-17(18)19(24)22-13-12-14-6-8-16(9-7-14)21(26)27/h2-9,15H,10-13H2,1H3,(H,22,24)(H,26,27). The van der Waals surface area contributed by atoms with Gasteiger partial charge in [0.2, 0.25) is 5.91 Å². The average Bonchev–Trinajstić information content (AvgIpc) is 3.52. The molecule has 0 aliphatic heterocycles. The monoisotopic (exact) mass is 366 g/mol. The highest BCUT2D eigenvalue weighted by Gasteiger charge is 2.33. The van der Waals surface area contributed by atoms with Crippen LogP contribution in [-0.4, -0.2) is 36.5 Å². The minimum Gasteiger partial charge on any atom is -0.478 e. The van der Waals surface area contributed by atoms with E-state index in [1.807, 2.05) is 6.07 Å². The van der Waals surface area contributed by atoms with Crippen LogP contribution in [0.15, 0.2) is 48.5 Å². The Labute approximate surface area is 157 Å². The molecule has 2 aromatic rings. The van der Waals surface area contributed by atoms with Crippen molar-refractivity contribution in [2.75, 3.05) is 18.5 Å². The van der Waals surface area contributed by atoms with E-state index in [9.17, 15) is 14.4 Å². The molecule has 2 amide bonds. The average molecular weight is 366 g/mol. The van der Waals surface area contributed by atoms with Crippen molar-refractivity contribution in [1.82, 2.24) is 5.32 Å². The van der Waals surface area contributed by atoms with Crippen molar-refractivity contribution in [3.63, 3.8) is 0 Å². The van der Waals surface area contributed by atoms with Crippen LogP contribution in [0, 0.1) is 5.92 Å². The predicted molar refractivity (Wildman–Crippen MR) is 102 cm³/mol. The Kier molecular flexibility index (Phi) is 5.54. The van der Waals surface area contributed by atoms with Crippen LogP contribution in [0.1, 0.15) is 39.1 Å². The SMILES string of the molecule is CN(C(=O)C1CC1)c1ccccc1C(=O)NCCc1ccc(C(=O)O)cc1. The lowest BCUT2D eigenvalue weighted by Gasteiger charge is -2.20. The summed E-state index contributed by atoms with van der Waals surface area (Å²) < 4.78 is 0. The van der Waals surface area contributed by atoms with Crippen molar-refractivity contribution in [3.05, 3.63) is 65.2 Å². The maximum Gasteiger partial charge on any atom is 0.335 e. The number of nitrogens with one attached hydrogen (secondary N) is 1. The van der Waals surface area contributed by atoms with E-state index in [0.29, 0.717) is 24.2 Å². The van der Waals surface area contributed by atoms with Crippen LogP contribution in [0.2, 0.25) is 0 Å². The molecule has 27 heavy (non-hydrogen) atoms. The summed E-state index contributed by atoms with van der Waals surface area (Å²) >= 11 is 0.